The maximum Gasteiger partial charge on any atom is 0.276 e. The van der Waals surface area contributed by atoms with E-state index in [4.69, 9.17) is 5.73 Å². The van der Waals surface area contributed by atoms with Crippen molar-refractivity contribution in [2.24, 2.45) is 11.7 Å². The molecule has 138 valence electrons. The van der Waals surface area contributed by atoms with Crippen LogP contribution in [-0.2, 0) is 0 Å². The molecular weight excluding hydrogens is 373 g/mol. The molecule has 2 atom stereocenters. The van der Waals surface area contributed by atoms with E-state index < -0.39 is 0 Å². The Morgan fingerprint density at radius 1 is 1.08 bits per heavy atom. The fourth-order valence-electron chi connectivity index (χ4n) is 3.51. The average molecular weight is 394 g/mol. The highest BCUT2D eigenvalue weighted by Gasteiger charge is 2.36. The van der Waals surface area contributed by atoms with Crippen LogP contribution < -0.4 is 5.73 Å². The summed E-state index contributed by atoms with van der Waals surface area (Å²) in [4.78, 5) is 23.3. The highest BCUT2D eigenvalue weighted by molar-refractivity contribution is 5.98. The van der Waals surface area contributed by atoms with E-state index in [-0.39, 0.29) is 42.6 Å². The third kappa shape index (κ3) is 3.53. The fraction of sp³-hybridized carbons (Fsp3) is 0.278. The van der Waals surface area contributed by atoms with Crippen molar-refractivity contribution in [3.8, 4) is 0 Å². The van der Waals surface area contributed by atoms with E-state index in [1.54, 1.807) is 18.6 Å². The number of hydrogen-bond acceptors (Lipinski definition) is 4. The molecule has 2 N–H and O–H groups in total. The third-order valence-electron chi connectivity index (χ3n) is 4.77. The van der Waals surface area contributed by atoms with Crippen molar-refractivity contribution in [1.82, 2.24) is 19.3 Å². The smallest absolute Gasteiger partial charge is 0.276 e. The molecule has 4 rings (SSSR count). The lowest BCUT2D eigenvalue weighted by Crippen LogP contribution is -2.31. The van der Waals surface area contributed by atoms with Crippen LogP contribution in [0.4, 0.5) is 0 Å². The van der Waals surface area contributed by atoms with Gasteiger partial charge in [0.25, 0.3) is 5.91 Å². The molecule has 2 aromatic heterocycles. The summed E-state index contributed by atoms with van der Waals surface area (Å²) in [5.74, 6) is 0.444. The highest BCUT2D eigenvalue weighted by Crippen LogP contribution is 2.32. The molecule has 3 heterocycles. The normalized spacial score (nSPS) is 19.0. The quantitative estimate of drug-likeness (QED) is 0.740. The molecule has 8 heteroatoms. The summed E-state index contributed by atoms with van der Waals surface area (Å²) in [6.45, 7) is 1.87. The zero-order valence-corrected chi connectivity index (χ0v) is 15.7. The predicted octanol–water partition coefficient (Wildman–Crippen LogP) is 2.39. The molecule has 26 heavy (non-hydrogen) atoms. The monoisotopic (exact) mass is 393 g/mol. The van der Waals surface area contributed by atoms with E-state index in [9.17, 15) is 4.79 Å². The van der Waals surface area contributed by atoms with Gasteiger partial charge in [-0.05, 0) is 18.0 Å². The number of imidazole rings is 1. The van der Waals surface area contributed by atoms with Gasteiger partial charge >= 0.3 is 0 Å². The molecule has 1 amide bonds. The van der Waals surface area contributed by atoms with Gasteiger partial charge in [0, 0.05) is 43.8 Å². The predicted molar refractivity (Wildman–Crippen MR) is 105 cm³/mol. The van der Waals surface area contributed by atoms with E-state index in [2.05, 4.69) is 22.1 Å². The van der Waals surface area contributed by atoms with Crippen LogP contribution in [0.5, 0.6) is 0 Å². The summed E-state index contributed by atoms with van der Waals surface area (Å²) < 4.78 is 1.81. The SMILES string of the molecule is Cl.Cl.NC[C@@H]1CN(C(=O)c2nccn3ccnc23)C[C@H]1c1ccccc1. The molecule has 0 bridgehead atoms. The van der Waals surface area contributed by atoms with Crippen LogP contribution in [0.25, 0.3) is 5.65 Å². The lowest BCUT2D eigenvalue weighted by Gasteiger charge is -2.16. The number of benzene rings is 1. The van der Waals surface area contributed by atoms with Crippen molar-refractivity contribution in [1.29, 1.82) is 0 Å². The Hall–Kier alpha value is -2.15. The summed E-state index contributed by atoms with van der Waals surface area (Å²) in [7, 11) is 0. The molecule has 1 aliphatic rings. The molecular formula is C18H21Cl2N5O. The van der Waals surface area contributed by atoms with Crippen LogP contribution in [0.3, 0.4) is 0 Å². The van der Waals surface area contributed by atoms with Crippen LogP contribution >= 0.6 is 24.8 Å². The molecule has 0 unspecified atom stereocenters. The Morgan fingerprint density at radius 2 is 1.77 bits per heavy atom. The number of hydrogen-bond donors (Lipinski definition) is 1. The van der Waals surface area contributed by atoms with Crippen LogP contribution in [0.2, 0.25) is 0 Å². The number of halogens is 2. The lowest BCUT2D eigenvalue weighted by atomic mass is 9.89. The van der Waals surface area contributed by atoms with Gasteiger partial charge in [0.15, 0.2) is 11.3 Å². The minimum Gasteiger partial charge on any atom is -0.336 e. The number of likely N-dealkylation sites (tertiary alicyclic amines) is 1. The Morgan fingerprint density at radius 3 is 2.46 bits per heavy atom. The van der Waals surface area contributed by atoms with E-state index in [1.165, 1.54) is 5.56 Å². The molecule has 0 spiro atoms. The first-order valence-corrected chi connectivity index (χ1v) is 8.10. The molecule has 1 aliphatic heterocycles. The number of aromatic nitrogens is 3. The standard InChI is InChI=1S/C18H19N5O.2ClH/c19-10-14-11-23(12-15(14)13-4-2-1-3-5-13)18(24)16-17-21-7-9-22(17)8-6-20-16;;/h1-9,14-15H,10-12,19H2;2*1H/t14-,15+;;/m1../s1. The van der Waals surface area contributed by atoms with Gasteiger partial charge in [-0.15, -0.1) is 24.8 Å². The summed E-state index contributed by atoms with van der Waals surface area (Å²) in [6, 6.07) is 10.3. The van der Waals surface area contributed by atoms with Crippen molar-refractivity contribution in [2.75, 3.05) is 19.6 Å². The van der Waals surface area contributed by atoms with Crippen molar-refractivity contribution in [3.05, 3.63) is 66.4 Å². The Balaban J connectivity index is 0.00000121. The van der Waals surface area contributed by atoms with Crippen molar-refractivity contribution in [2.45, 2.75) is 5.92 Å². The molecule has 6 nitrogen and oxygen atoms in total. The van der Waals surface area contributed by atoms with E-state index >= 15 is 0 Å². The number of nitrogens with zero attached hydrogens (tertiary/aromatic N) is 4. The molecule has 0 radical (unpaired) electrons. The number of carbonyl (C=O) groups is 1. The first-order valence-electron chi connectivity index (χ1n) is 8.10. The molecule has 1 saturated heterocycles. The Bertz CT molecular complexity index is 870. The second kappa shape index (κ2) is 8.49. The van der Waals surface area contributed by atoms with Gasteiger partial charge in [-0.3, -0.25) is 4.79 Å². The maximum atomic E-state index is 13.0. The number of amides is 1. The van der Waals surface area contributed by atoms with Gasteiger partial charge in [-0.2, -0.15) is 0 Å². The number of nitrogens with two attached hydrogens (primary N) is 1. The van der Waals surface area contributed by atoms with E-state index in [0.717, 1.165) is 0 Å². The van der Waals surface area contributed by atoms with Gasteiger partial charge in [0.1, 0.15) is 0 Å². The molecule has 0 saturated carbocycles. The van der Waals surface area contributed by atoms with E-state index in [1.807, 2.05) is 33.7 Å². The minimum atomic E-state index is -0.0799. The maximum absolute atomic E-state index is 13.0. The van der Waals surface area contributed by atoms with Gasteiger partial charge in [0.2, 0.25) is 0 Å². The van der Waals surface area contributed by atoms with Crippen molar-refractivity contribution < 1.29 is 4.79 Å². The first-order chi connectivity index (χ1) is 11.8. The molecule has 0 aliphatic carbocycles. The third-order valence-corrected chi connectivity index (χ3v) is 4.77. The number of fused-ring (bicyclic) bond motifs is 1. The van der Waals surface area contributed by atoms with Crippen molar-refractivity contribution >= 4 is 36.4 Å². The summed E-state index contributed by atoms with van der Waals surface area (Å²) in [5.41, 5.74) is 8.19. The minimum absolute atomic E-state index is 0. The summed E-state index contributed by atoms with van der Waals surface area (Å²) >= 11 is 0. The second-order valence-electron chi connectivity index (χ2n) is 6.16. The van der Waals surface area contributed by atoms with Crippen LogP contribution in [0, 0.1) is 5.92 Å². The van der Waals surface area contributed by atoms with E-state index in [0.29, 0.717) is 31.0 Å². The van der Waals surface area contributed by atoms with Gasteiger partial charge in [-0.1, -0.05) is 30.3 Å². The van der Waals surface area contributed by atoms with Crippen molar-refractivity contribution in [3.63, 3.8) is 0 Å². The fourth-order valence-corrected chi connectivity index (χ4v) is 3.51. The molecule has 1 fully saturated rings. The van der Waals surface area contributed by atoms with Crippen LogP contribution in [0.1, 0.15) is 22.0 Å². The van der Waals surface area contributed by atoms with Gasteiger partial charge in [-0.25, -0.2) is 9.97 Å². The number of rotatable bonds is 3. The van der Waals surface area contributed by atoms with Crippen LogP contribution in [0.15, 0.2) is 55.1 Å². The Labute approximate surface area is 164 Å². The second-order valence-corrected chi connectivity index (χ2v) is 6.16. The summed E-state index contributed by atoms with van der Waals surface area (Å²) in [6.07, 6.45) is 6.91. The first kappa shape index (κ1) is 20.2. The largest absolute Gasteiger partial charge is 0.336 e. The Kier molecular flexibility index (Phi) is 6.58. The van der Waals surface area contributed by atoms with Crippen LogP contribution in [-0.4, -0.2) is 44.8 Å². The topological polar surface area (TPSA) is 76.5 Å². The lowest BCUT2D eigenvalue weighted by molar-refractivity contribution is 0.0782. The summed E-state index contributed by atoms with van der Waals surface area (Å²) in [5, 5.41) is 0. The highest BCUT2D eigenvalue weighted by atomic mass is 35.5. The molecule has 1 aromatic carbocycles. The average Bonchev–Trinajstić information content (AvgIpc) is 3.28. The zero-order valence-electron chi connectivity index (χ0n) is 14.1. The zero-order chi connectivity index (χ0) is 16.5. The van der Waals surface area contributed by atoms with Gasteiger partial charge in [0.05, 0.1) is 0 Å². The van der Waals surface area contributed by atoms with Gasteiger partial charge < -0.3 is 15.0 Å². The molecule has 3 aromatic rings. The number of carbonyl (C=O) groups excluding carboxylic acids is 1.